The molecule has 3 N–H and O–H groups in total. The minimum Gasteiger partial charge on any atom is -0.397 e. The van der Waals surface area contributed by atoms with E-state index in [2.05, 4.69) is 10.3 Å². The smallest absolute Gasteiger partial charge is 0.0644 e. The highest BCUT2D eigenvalue weighted by Crippen LogP contribution is 2.31. The number of nitrogens with one attached hydrogen (secondary N) is 1. The molecule has 0 atom stereocenters. The van der Waals surface area contributed by atoms with Gasteiger partial charge in [-0.15, -0.1) is 0 Å². The van der Waals surface area contributed by atoms with E-state index in [-0.39, 0.29) is 0 Å². The van der Waals surface area contributed by atoms with Crippen LogP contribution in [0.3, 0.4) is 0 Å². The van der Waals surface area contributed by atoms with Gasteiger partial charge >= 0.3 is 0 Å². The Morgan fingerprint density at radius 1 is 1.12 bits per heavy atom. The van der Waals surface area contributed by atoms with Crippen LogP contribution in [-0.4, -0.2) is 4.98 Å². The summed E-state index contributed by atoms with van der Waals surface area (Å²) in [5.74, 6) is 0. The lowest BCUT2D eigenvalue weighted by Gasteiger charge is -2.10. The zero-order valence-electron chi connectivity index (χ0n) is 9.17. The number of nitrogens with zero attached hydrogens (tertiary/aromatic N) is 1. The minimum absolute atomic E-state index is 0.587. The summed E-state index contributed by atoms with van der Waals surface area (Å²) in [5, 5.41) is 4.39. The van der Waals surface area contributed by atoms with Gasteiger partial charge in [0.05, 0.1) is 28.3 Å². The largest absolute Gasteiger partial charge is 0.397 e. The number of nitrogens with two attached hydrogens (primary N) is 1. The molecule has 0 unspecified atom stereocenters. The lowest BCUT2D eigenvalue weighted by molar-refractivity contribution is 1.32. The van der Waals surface area contributed by atoms with Crippen molar-refractivity contribution >= 4 is 40.3 Å². The first-order valence-electron chi connectivity index (χ1n) is 4.99. The van der Waals surface area contributed by atoms with E-state index >= 15 is 0 Å². The highest BCUT2D eigenvalue weighted by molar-refractivity contribution is 6.35. The van der Waals surface area contributed by atoms with Gasteiger partial charge in [-0.3, -0.25) is 4.98 Å². The standard InChI is InChI=1S/C12H11Cl2N3/c1-7-2-11(14)12(4-10(7)13)17-9-3-8(15)5-16-6-9/h2-6,17H,15H2,1H3. The van der Waals surface area contributed by atoms with Gasteiger partial charge in [-0.25, -0.2) is 0 Å². The van der Waals surface area contributed by atoms with Crippen LogP contribution in [0.25, 0.3) is 0 Å². The second-order valence-corrected chi connectivity index (χ2v) is 4.53. The molecular formula is C12H11Cl2N3. The van der Waals surface area contributed by atoms with Crippen LogP contribution in [0.2, 0.25) is 10.0 Å². The Bertz CT molecular complexity index is 555. The maximum atomic E-state index is 6.12. The van der Waals surface area contributed by atoms with E-state index in [0.29, 0.717) is 15.7 Å². The third-order valence-electron chi connectivity index (χ3n) is 2.29. The summed E-state index contributed by atoms with van der Waals surface area (Å²) in [4.78, 5) is 3.99. The molecule has 1 aromatic carbocycles. The summed E-state index contributed by atoms with van der Waals surface area (Å²) < 4.78 is 0. The minimum atomic E-state index is 0.587. The van der Waals surface area contributed by atoms with Gasteiger partial charge in [-0.1, -0.05) is 23.2 Å². The second kappa shape index (κ2) is 4.82. The first-order valence-corrected chi connectivity index (χ1v) is 5.75. The van der Waals surface area contributed by atoms with E-state index in [1.54, 1.807) is 24.5 Å². The molecule has 88 valence electrons. The number of hydrogen-bond acceptors (Lipinski definition) is 3. The van der Waals surface area contributed by atoms with Crippen LogP contribution in [0, 0.1) is 6.92 Å². The normalized spacial score (nSPS) is 10.3. The predicted molar refractivity (Wildman–Crippen MR) is 73.1 cm³/mol. The summed E-state index contributed by atoms with van der Waals surface area (Å²) in [6.45, 7) is 1.90. The molecule has 0 fully saturated rings. The van der Waals surface area contributed by atoms with Crippen LogP contribution in [-0.2, 0) is 0 Å². The van der Waals surface area contributed by atoms with E-state index in [0.717, 1.165) is 16.9 Å². The van der Waals surface area contributed by atoms with Crippen molar-refractivity contribution in [3.8, 4) is 0 Å². The number of halogens is 2. The Labute approximate surface area is 110 Å². The fraction of sp³-hybridized carbons (Fsp3) is 0.0833. The highest BCUT2D eigenvalue weighted by Gasteiger charge is 2.05. The van der Waals surface area contributed by atoms with Crippen molar-refractivity contribution in [1.82, 2.24) is 4.98 Å². The van der Waals surface area contributed by atoms with E-state index in [1.807, 2.05) is 13.0 Å². The molecule has 1 heterocycles. The van der Waals surface area contributed by atoms with Crippen molar-refractivity contribution in [3.63, 3.8) is 0 Å². The summed E-state index contributed by atoms with van der Waals surface area (Å²) in [6.07, 6.45) is 3.25. The summed E-state index contributed by atoms with van der Waals surface area (Å²) in [5.41, 5.74) is 8.67. The van der Waals surface area contributed by atoms with Gasteiger partial charge in [0.25, 0.3) is 0 Å². The third-order valence-corrected chi connectivity index (χ3v) is 3.01. The first-order chi connectivity index (χ1) is 8.06. The molecule has 0 saturated carbocycles. The first kappa shape index (κ1) is 12.0. The molecule has 0 aliphatic heterocycles. The van der Waals surface area contributed by atoms with E-state index < -0.39 is 0 Å². The molecule has 0 aliphatic rings. The SMILES string of the molecule is Cc1cc(Cl)c(Nc2cncc(N)c2)cc1Cl. The van der Waals surface area contributed by atoms with Gasteiger partial charge in [0.2, 0.25) is 0 Å². The van der Waals surface area contributed by atoms with Crippen molar-refractivity contribution in [2.24, 2.45) is 0 Å². The average molecular weight is 268 g/mol. The van der Waals surface area contributed by atoms with Gasteiger partial charge in [-0.05, 0) is 30.7 Å². The number of rotatable bonds is 2. The zero-order chi connectivity index (χ0) is 12.4. The molecule has 3 nitrogen and oxygen atoms in total. The van der Waals surface area contributed by atoms with Crippen molar-refractivity contribution in [2.75, 3.05) is 11.1 Å². The van der Waals surface area contributed by atoms with Crippen LogP contribution in [0.1, 0.15) is 5.56 Å². The van der Waals surface area contributed by atoms with Gasteiger partial charge in [0.1, 0.15) is 0 Å². The third kappa shape index (κ3) is 2.81. The molecule has 0 bridgehead atoms. The van der Waals surface area contributed by atoms with Gasteiger partial charge < -0.3 is 11.1 Å². The molecule has 0 saturated heterocycles. The van der Waals surface area contributed by atoms with E-state index in [4.69, 9.17) is 28.9 Å². The van der Waals surface area contributed by atoms with Gasteiger partial charge in [0.15, 0.2) is 0 Å². The Morgan fingerprint density at radius 3 is 2.59 bits per heavy atom. The van der Waals surface area contributed by atoms with Crippen LogP contribution < -0.4 is 11.1 Å². The van der Waals surface area contributed by atoms with Crippen LogP contribution in [0.4, 0.5) is 17.1 Å². The number of anilines is 3. The molecule has 17 heavy (non-hydrogen) atoms. The van der Waals surface area contributed by atoms with Crippen LogP contribution in [0.15, 0.2) is 30.6 Å². The van der Waals surface area contributed by atoms with Crippen molar-refractivity contribution < 1.29 is 0 Å². The van der Waals surface area contributed by atoms with E-state index in [9.17, 15) is 0 Å². The summed E-state index contributed by atoms with van der Waals surface area (Å²) in [7, 11) is 0. The lowest BCUT2D eigenvalue weighted by Crippen LogP contribution is -1.95. The molecule has 2 rings (SSSR count). The monoisotopic (exact) mass is 267 g/mol. The number of nitrogen functional groups attached to an aromatic ring is 1. The fourth-order valence-corrected chi connectivity index (χ4v) is 1.85. The highest BCUT2D eigenvalue weighted by atomic mass is 35.5. The maximum absolute atomic E-state index is 6.12. The number of aryl methyl sites for hydroxylation is 1. The molecule has 0 amide bonds. The Morgan fingerprint density at radius 2 is 1.88 bits per heavy atom. The molecule has 0 spiro atoms. The average Bonchev–Trinajstić information content (AvgIpc) is 2.26. The zero-order valence-corrected chi connectivity index (χ0v) is 10.7. The number of aromatic nitrogens is 1. The summed E-state index contributed by atoms with van der Waals surface area (Å²) >= 11 is 12.2. The molecule has 1 aromatic heterocycles. The van der Waals surface area contributed by atoms with Crippen molar-refractivity contribution in [3.05, 3.63) is 46.2 Å². The van der Waals surface area contributed by atoms with Gasteiger partial charge in [-0.2, -0.15) is 0 Å². The number of pyridine rings is 1. The Hall–Kier alpha value is -1.45. The second-order valence-electron chi connectivity index (χ2n) is 3.71. The summed E-state index contributed by atoms with van der Waals surface area (Å²) in [6, 6.07) is 5.37. The Kier molecular flexibility index (Phi) is 3.41. The Balaban J connectivity index is 2.33. The quantitative estimate of drug-likeness (QED) is 0.864. The molecular weight excluding hydrogens is 257 g/mol. The fourth-order valence-electron chi connectivity index (χ4n) is 1.42. The molecule has 5 heteroatoms. The van der Waals surface area contributed by atoms with Gasteiger partial charge in [0, 0.05) is 11.2 Å². The van der Waals surface area contributed by atoms with Crippen molar-refractivity contribution in [2.45, 2.75) is 6.92 Å². The molecule has 0 radical (unpaired) electrons. The number of benzene rings is 1. The number of hydrogen-bond donors (Lipinski definition) is 2. The molecule has 0 aliphatic carbocycles. The molecule has 2 aromatic rings. The topological polar surface area (TPSA) is 50.9 Å². The lowest BCUT2D eigenvalue weighted by atomic mass is 10.2. The van der Waals surface area contributed by atoms with Crippen LogP contribution in [0.5, 0.6) is 0 Å². The van der Waals surface area contributed by atoms with Crippen LogP contribution >= 0.6 is 23.2 Å². The predicted octanol–water partition coefficient (Wildman–Crippen LogP) is 4.02. The van der Waals surface area contributed by atoms with Crippen molar-refractivity contribution in [1.29, 1.82) is 0 Å². The van der Waals surface area contributed by atoms with E-state index in [1.165, 1.54) is 0 Å². The maximum Gasteiger partial charge on any atom is 0.0644 e.